The van der Waals surface area contributed by atoms with Crippen LogP contribution in [-0.4, -0.2) is 14.9 Å². The van der Waals surface area contributed by atoms with Gasteiger partial charge in [0.1, 0.15) is 0 Å². The van der Waals surface area contributed by atoms with Gasteiger partial charge in [-0.25, -0.2) is 0 Å². The molecule has 0 unspecified atom stereocenters. The highest BCUT2D eigenvalue weighted by Gasteiger charge is 2.30. The third-order valence-corrected chi connectivity index (χ3v) is 3.16. The van der Waals surface area contributed by atoms with Crippen molar-refractivity contribution in [2.45, 2.75) is 26.2 Å². The van der Waals surface area contributed by atoms with Gasteiger partial charge in [-0.3, -0.25) is 4.68 Å². The molecule has 0 aliphatic rings. The van der Waals surface area contributed by atoms with Crippen molar-refractivity contribution in [2.24, 2.45) is 0 Å². The van der Waals surface area contributed by atoms with E-state index in [0.717, 1.165) is 24.2 Å². The van der Waals surface area contributed by atoms with Gasteiger partial charge in [0, 0.05) is 30.5 Å². The SMILES string of the molecule is CCn1cc(CNC(=S)Nc2cccc(C(F)(F)F)c2)cn1. The summed E-state index contributed by atoms with van der Waals surface area (Å²) >= 11 is 5.08. The number of thiocarbonyl (C=S) groups is 1. The molecule has 1 aromatic carbocycles. The molecule has 2 rings (SSSR count). The number of hydrogen-bond donors (Lipinski definition) is 2. The van der Waals surface area contributed by atoms with E-state index >= 15 is 0 Å². The summed E-state index contributed by atoms with van der Waals surface area (Å²) in [6.07, 6.45) is -0.787. The van der Waals surface area contributed by atoms with Crippen molar-refractivity contribution in [3.63, 3.8) is 0 Å². The summed E-state index contributed by atoms with van der Waals surface area (Å²) in [5, 5.41) is 10.0. The van der Waals surface area contributed by atoms with Crippen molar-refractivity contribution in [1.29, 1.82) is 0 Å². The molecule has 8 heteroatoms. The van der Waals surface area contributed by atoms with Crippen LogP contribution in [0.2, 0.25) is 0 Å². The van der Waals surface area contributed by atoms with Crippen LogP contribution in [0.4, 0.5) is 18.9 Å². The molecule has 0 saturated carbocycles. The summed E-state index contributed by atoms with van der Waals surface area (Å²) in [6.45, 7) is 3.20. The van der Waals surface area contributed by atoms with E-state index < -0.39 is 11.7 Å². The lowest BCUT2D eigenvalue weighted by atomic mass is 10.2. The Bertz CT molecular complexity index is 652. The third-order valence-electron chi connectivity index (χ3n) is 2.91. The topological polar surface area (TPSA) is 41.9 Å². The van der Waals surface area contributed by atoms with Gasteiger partial charge < -0.3 is 10.6 Å². The summed E-state index contributed by atoms with van der Waals surface area (Å²) in [5.74, 6) is 0. The van der Waals surface area contributed by atoms with Crippen molar-refractivity contribution in [2.75, 3.05) is 5.32 Å². The molecule has 0 radical (unpaired) electrons. The van der Waals surface area contributed by atoms with E-state index in [2.05, 4.69) is 15.7 Å². The Labute approximate surface area is 131 Å². The second-order valence-electron chi connectivity index (χ2n) is 4.59. The lowest BCUT2D eigenvalue weighted by molar-refractivity contribution is -0.137. The lowest BCUT2D eigenvalue weighted by Crippen LogP contribution is -2.27. The predicted molar refractivity (Wildman–Crippen MR) is 82.4 cm³/mol. The zero-order valence-electron chi connectivity index (χ0n) is 11.8. The predicted octanol–water partition coefficient (Wildman–Crippen LogP) is 3.41. The van der Waals surface area contributed by atoms with Gasteiger partial charge >= 0.3 is 6.18 Å². The molecule has 2 aromatic rings. The highest BCUT2D eigenvalue weighted by molar-refractivity contribution is 7.80. The number of halogens is 3. The maximum absolute atomic E-state index is 12.6. The van der Waals surface area contributed by atoms with Gasteiger partial charge in [-0.05, 0) is 37.3 Å². The first kappa shape index (κ1) is 16.3. The average Bonchev–Trinajstić information content (AvgIpc) is 2.92. The molecular weight excluding hydrogens is 313 g/mol. The van der Waals surface area contributed by atoms with Gasteiger partial charge in [0.05, 0.1) is 11.8 Å². The number of hydrogen-bond acceptors (Lipinski definition) is 2. The lowest BCUT2D eigenvalue weighted by Gasteiger charge is -2.12. The molecule has 2 N–H and O–H groups in total. The van der Waals surface area contributed by atoms with Crippen molar-refractivity contribution in [3.8, 4) is 0 Å². The minimum Gasteiger partial charge on any atom is -0.358 e. The fraction of sp³-hybridized carbons (Fsp3) is 0.286. The number of anilines is 1. The molecule has 0 bridgehead atoms. The Balaban J connectivity index is 1.92. The first-order chi connectivity index (χ1) is 10.4. The highest BCUT2D eigenvalue weighted by Crippen LogP contribution is 2.30. The maximum atomic E-state index is 12.6. The Morgan fingerprint density at radius 1 is 1.36 bits per heavy atom. The number of nitrogens with zero attached hydrogens (tertiary/aromatic N) is 2. The first-order valence-corrected chi connectivity index (χ1v) is 7.02. The van der Waals surface area contributed by atoms with Crippen molar-refractivity contribution in [3.05, 3.63) is 47.8 Å². The maximum Gasteiger partial charge on any atom is 0.416 e. The van der Waals surface area contributed by atoms with Gasteiger partial charge in [0.2, 0.25) is 0 Å². The van der Waals surface area contributed by atoms with Gasteiger partial charge in [-0.1, -0.05) is 6.07 Å². The first-order valence-electron chi connectivity index (χ1n) is 6.62. The zero-order valence-corrected chi connectivity index (χ0v) is 12.6. The summed E-state index contributed by atoms with van der Waals surface area (Å²) in [7, 11) is 0. The van der Waals surface area contributed by atoms with E-state index in [-0.39, 0.29) is 10.8 Å². The standard InChI is InChI=1S/C14H15F3N4S/c1-2-21-9-10(8-19-21)7-18-13(22)20-12-5-3-4-11(6-12)14(15,16)17/h3-6,8-9H,2,7H2,1H3,(H2,18,20,22). The fourth-order valence-electron chi connectivity index (χ4n) is 1.80. The highest BCUT2D eigenvalue weighted by atomic mass is 32.1. The second kappa shape index (κ2) is 6.78. The third kappa shape index (κ3) is 4.45. The molecule has 0 fully saturated rings. The molecule has 0 atom stereocenters. The summed E-state index contributed by atoms with van der Waals surface area (Å²) in [5.41, 5.74) is 0.510. The molecular formula is C14H15F3N4S. The number of alkyl halides is 3. The van der Waals surface area contributed by atoms with Crippen LogP contribution in [0, 0.1) is 0 Å². The number of rotatable bonds is 4. The van der Waals surface area contributed by atoms with Crippen LogP contribution in [0.1, 0.15) is 18.1 Å². The summed E-state index contributed by atoms with van der Waals surface area (Å²) < 4.78 is 39.7. The molecule has 0 amide bonds. The number of aryl methyl sites for hydroxylation is 1. The molecule has 0 aliphatic heterocycles. The molecule has 0 spiro atoms. The van der Waals surface area contributed by atoms with E-state index in [9.17, 15) is 13.2 Å². The molecule has 118 valence electrons. The van der Waals surface area contributed by atoms with Crippen LogP contribution in [-0.2, 0) is 19.3 Å². The summed E-state index contributed by atoms with van der Waals surface area (Å²) in [6, 6.07) is 4.89. The Hall–Kier alpha value is -2.09. The average molecular weight is 328 g/mol. The normalized spacial score (nSPS) is 11.3. The fourth-order valence-corrected chi connectivity index (χ4v) is 1.99. The van der Waals surface area contributed by atoms with Gasteiger partial charge in [0.15, 0.2) is 5.11 Å². The molecule has 0 aliphatic carbocycles. The van der Waals surface area contributed by atoms with E-state index in [0.29, 0.717) is 6.54 Å². The van der Waals surface area contributed by atoms with E-state index in [1.807, 2.05) is 13.1 Å². The smallest absolute Gasteiger partial charge is 0.358 e. The Kier molecular flexibility index (Phi) is 5.02. The Morgan fingerprint density at radius 2 is 2.14 bits per heavy atom. The monoisotopic (exact) mass is 328 g/mol. The Morgan fingerprint density at radius 3 is 2.77 bits per heavy atom. The minimum absolute atomic E-state index is 0.253. The van der Waals surface area contributed by atoms with Gasteiger partial charge in [-0.2, -0.15) is 18.3 Å². The van der Waals surface area contributed by atoms with Gasteiger partial charge in [0.25, 0.3) is 0 Å². The molecule has 4 nitrogen and oxygen atoms in total. The molecule has 22 heavy (non-hydrogen) atoms. The van der Waals surface area contributed by atoms with Crippen molar-refractivity contribution in [1.82, 2.24) is 15.1 Å². The van der Waals surface area contributed by atoms with Crippen LogP contribution in [0.5, 0.6) is 0 Å². The summed E-state index contributed by atoms with van der Waals surface area (Å²) in [4.78, 5) is 0. The minimum atomic E-state index is -4.37. The van der Waals surface area contributed by atoms with Crippen LogP contribution in [0.25, 0.3) is 0 Å². The zero-order chi connectivity index (χ0) is 16.2. The van der Waals surface area contributed by atoms with Crippen LogP contribution < -0.4 is 10.6 Å². The van der Waals surface area contributed by atoms with E-state index in [1.165, 1.54) is 12.1 Å². The van der Waals surface area contributed by atoms with Gasteiger partial charge in [-0.15, -0.1) is 0 Å². The number of benzene rings is 1. The van der Waals surface area contributed by atoms with E-state index in [4.69, 9.17) is 12.2 Å². The van der Waals surface area contributed by atoms with Crippen LogP contribution >= 0.6 is 12.2 Å². The van der Waals surface area contributed by atoms with Crippen LogP contribution in [0.3, 0.4) is 0 Å². The molecule has 1 heterocycles. The second-order valence-corrected chi connectivity index (χ2v) is 5.00. The van der Waals surface area contributed by atoms with E-state index in [1.54, 1.807) is 10.9 Å². The van der Waals surface area contributed by atoms with Crippen LogP contribution in [0.15, 0.2) is 36.7 Å². The largest absolute Gasteiger partial charge is 0.416 e. The number of aromatic nitrogens is 2. The molecule has 1 aromatic heterocycles. The number of nitrogens with one attached hydrogen (secondary N) is 2. The molecule has 0 saturated heterocycles. The quantitative estimate of drug-likeness (QED) is 0.844. The van der Waals surface area contributed by atoms with Crippen molar-refractivity contribution < 1.29 is 13.2 Å². The van der Waals surface area contributed by atoms with Crippen molar-refractivity contribution >= 4 is 23.0 Å².